The van der Waals surface area contributed by atoms with E-state index in [2.05, 4.69) is 30.4 Å². The molecule has 0 N–H and O–H groups in total. The molecule has 0 aromatic rings. The third kappa shape index (κ3) is 2.75. The Hall–Kier alpha value is -0.950. The van der Waals surface area contributed by atoms with Crippen molar-refractivity contribution in [1.82, 2.24) is 0 Å². The van der Waals surface area contributed by atoms with Crippen LogP contribution in [-0.4, -0.2) is 5.37 Å². The van der Waals surface area contributed by atoms with Crippen molar-refractivity contribution >= 4 is 17.6 Å². The van der Waals surface area contributed by atoms with Gasteiger partial charge >= 0.3 is 0 Å². The van der Waals surface area contributed by atoms with Crippen LogP contribution in [0.1, 0.15) is 32.1 Å². The van der Waals surface area contributed by atoms with Gasteiger partial charge in [0.25, 0.3) is 0 Å². The fraction of sp³-hybridized carbons (Fsp3) is 0.357. The van der Waals surface area contributed by atoms with Gasteiger partial charge in [0.15, 0.2) is 0 Å². The van der Waals surface area contributed by atoms with Crippen molar-refractivity contribution in [3.05, 3.63) is 47.1 Å². The predicted octanol–water partition coefficient (Wildman–Crippen LogP) is 4.30. The standard InChI is InChI=1S/C14H16S/c15-11-10-12-6-8-14(9-7-12)13-4-2-1-3-5-13/h1-2,4,6,8,11H,3,5,7,9-10H2. The van der Waals surface area contributed by atoms with E-state index in [0.29, 0.717) is 0 Å². The summed E-state index contributed by atoms with van der Waals surface area (Å²) in [7, 11) is 0. The van der Waals surface area contributed by atoms with Crippen LogP contribution >= 0.6 is 12.2 Å². The Bertz CT molecular complexity index is 367. The lowest BCUT2D eigenvalue weighted by atomic mass is 9.88. The van der Waals surface area contributed by atoms with Crippen LogP contribution < -0.4 is 0 Å². The van der Waals surface area contributed by atoms with Crippen molar-refractivity contribution in [3.63, 3.8) is 0 Å². The second-order valence-electron chi connectivity index (χ2n) is 4.05. The van der Waals surface area contributed by atoms with E-state index in [1.165, 1.54) is 42.4 Å². The van der Waals surface area contributed by atoms with Gasteiger partial charge in [0.05, 0.1) is 0 Å². The van der Waals surface area contributed by atoms with Crippen LogP contribution in [0.2, 0.25) is 0 Å². The Labute approximate surface area is 97.1 Å². The second kappa shape index (κ2) is 5.22. The Balaban J connectivity index is 2.09. The van der Waals surface area contributed by atoms with E-state index in [1.807, 2.05) is 5.37 Å². The highest BCUT2D eigenvalue weighted by molar-refractivity contribution is 7.79. The first kappa shape index (κ1) is 10.6. The highest BCUT2D eigenvalue weighted by Crippen LogP contribution is 2.29. The van der Waals surface area contributed by atoms with E-state index in [4.69, 9.17) is 12.2 Å². The number of rotatable bonds is 3. The maximum Gasteiger partial charge on any atom is -0.00303 e. The van der Waals surface area contributed by atoms with Crippen LogP contribution in [0.3, 0.4) is 0 Å². The van der Waals surface area contributed by atoms with Gasteiger partial charge in [-0.15, -0.1) is 0 Å². The molecule has 0 bridgehead atoms. The van der Waals surface area contributed by atoms with Crippen LogP contribution in [0.25, 0.3) is 0 Å². The van der Waals surface area contributed by atoms with Gasteiger partial charge in [-0.1, -0.05) is 48.2 Å². The van der Waals surface area contributed by atoms with E-state index in [-0.39, 0.29) is 0 Å². The summed E-state index contributed by atoms with van der Waals surface area (Å²) in [6, 6.07) is 0. The topological polar surface area (TPSA) is 0 Å². The number of hydrogen-bond acceptors (Lipinski definition) is 1. The first-order valence-electron chi connectivity index (χ1n) is 5.58. The number of thiocarbonyl (C=S) groups is 1. The van der Waals surface area contributed by atoms with E-state index < -0.39 is 0 Å². The number of hydrogen-bond donors (Lipinski definition) is 0. The molecule has 78 valence electrons. The molecule has 0 aliphatic heterocycles. The van der Waals surface area contributed by atoms with Gasteiger partial charge < -0.3 is 0 Å². The third-order valence-electron chi connectivity index (χ3n) is 3.01. The molecule has 0 unspecified atom stereocenters. The maximum absolute atomic E-state index is 4.88. The van der Waals surface area contributed by atoms with Crippen LogP contribution in [0.4, 0.5) is 0 Å². The Morgan fingerprint density at radius 2 is 1.93 bits per heavy atom. The molecule has 2 aliphatic carbocycles. The zero-order chi connectivity index (χ0) is 10.5. The SMILES string of the molecule is S=CCC1=CC=C(C2=CC=CCC2)CC1. The van der Waals surface area contributed by atoms with Gasteiger partial charge in [0, 0.05) is 0 Å². The van der Waals surface area contributed by atoms with Crippen LogP contribution in [0, 0.1) is 0 Å². The average molecular weight is 216 g/mol. The third-order valence-corrected chi connectivity index (χ3v) is 3.17. The summed E-state index contributed by atoms with van der Waals surface area (Å²) in [5.74, 6) is 0. The molecule has 0 amide bonds. The first-order chi connectivity index (χ1) is 7.40. The van der Waals surface area contributed by atoms with Crippen LogP contribution in [-0.2, 0) is 0 Å². The van der Waals surface area contributed by atoms with Crippen molar-refractivity contribution < 1.29 is 0 Å². The largest absolute Gasteiger partial charge is 0.0931 e. The van der Waals surface area contributed by atoms with E-state index in [0.717, 1.165) is 6.42 Å². The summed E-state index contributed by atoms with van der Waals surface area (Å²) in [6.07, 6.45) is 16.9. The highest BCUT2D eigenvalue weighted by Gasteiger charge is 2.10. The van der Waals surface area contributed by atoms with Crippen molar-refractivity contribution in [1.29, 1.82) is 0 Å². The molecule has 0 aromatic carbocycles. The minimum absolute atomic E-state index is 0.970. The van der Waals surface area contributed by atoms with Gasteiger partial charge in [0.1, 0.15) is 0 Å². The monoisotopic (exact) mass is 216 g/mol. The van der Waals surface area contributed by atoms with E-state index >= 15 is 0 Å². The van der Waals surface area contributed by atoms with Crippen LogP contribution in [0.15, 0.2) is 47.1 Å². The molecule has 0 aromatic heterocycles. The quantitative estimate of drug-likeness (QED) is 0.634. The fourth-order valence-electron chi connectivity index (χ4n) is 2.10. The molecule has 1 heteroatoms. The Morgan fingerprint density at radius 3 is 2.53 bits per heavy atom. The molecule has 0 saturated carbocycles. The normalized spacial score (nSPS) is 20.4. The maximum atomic E-state index is 4.88. The molecule has 0 heterocycles. The second-order valence-corrected chi connectivity index (χ2v) is 4.38. The van der Waals surface area contributed by atoms with Gasteiger partial charge in [-0.2, -0.15) is 0 Å². The van der Waals surface area contributed by atoms with E-state index in [9.17, 15) is 0 Å². The lowest BCUT2D eigenvalue weighted by molar-refractivity contribution is 0.861. The minimum atomic E-state index is 0.970. The summed E-state index contributed by atoms with van der Waals surface area (Å²) in [6.45, 7) is 0. The first-order valence-corrected chi connectivity index (χ1v) is 6.05. The average Bonchev–Trinajstić information content (AvgIpc) is 2.32. The van der Waals surface area contributed by atoms with Gasteiger partial charge in [-0.3, -0.25) is 0 Å². The van der Waals surface area contributed by atoms with Crippen molar-refractivity contribution in [2.24, 2.45) is 0 Å². The van der Waals surface area contributed by atoms with Gasteiger partial charge in [-0.25, -0.2) is 0 Å². The Kier molecular flexibility index (Phi) is 3.68. The lowest BCUT2D eigenvalue weighted by Crippen LogP contribution is -1.98. The molecule has 0 saturated heterocycles. The summed E-state index contributed by atoms with van der Waals surface area (Å²) in [4.78, 5) is 0. The fourth-order valence-corrected chi connectivity index (χ4v) is 2.31. The molecule has 2 rings (SSSR count). The molecule has 0 radical (unpaired) electrons. The molecule has 15 heavy (non-hydrogen) atoms. The predicted molar refractivity (Wildman–Crippen MR) is 70.1 cm³/mol. The molecule has 0 fully saturated rings. The molecule has 0 atom stereocenters. The zero-order valence-corrected chi connectivity index (χ0v) is 9.72. The highest BCUT2D eigenvalue weighted by atomic mass is 32.1. The summed E-state index contributed by atoms with van der Waals surface area (Å²) >= 11 is 4.88. The molecular formula is C14H16S. The van der Waals surface area contributed by atoms with Gasteiger partial charge in [0.2, 0.25) is 0 Å². The van der Waals surface area contributed by atoms with Crippen molar-refractivity contribution in [3.8, 4) is 0 Å². The molecule has 0 spiro atoms. The summed E-state index contributed by atoms with van der Waals surface area (Å²) < 4.78 is 0. The van der Waals surface area contributed by atoms with Crippen LogP contribution in [0.5, 0.6) is 0 Å². The minimum Gasteiger partial charge on any atom is -0.0931 e. The van der Waals surface area contributed by atoms with E-state index in [1.54, 1.807) is 0 Å². The molecular weight excluding hydrogens is 200 g/mol. The van der Waals surface area contributed by atoms with Crippen molar-refractivity contribution in [2.75, 3.05) is 0 Å². The zero-order valence-electron chi connectivity index (χ0n) is 8.91. The Morgan fingerprint density at radius 1 is 1.07 bits per heavy atom. The summed E-state index contributed by atoms with van der Waals surface area (Å²) in [5.41, 5.74) is 4.52. The van der Waals surface area contributed by atoms with Gasteiger partial charge in [-0.05, 0) is 48.6 Å². The number of allylic oxidation sites excluding steroid dienone is 8. The smallest absolute Gasteiger partial charge is 0.00303 e. The van der Waals surface area contributed by atoms with Crippen molar-refractivity contribution in [2.45, 2.75) is 32.1 Å². The molecule has 2 aliphatic rings. The summed E-state index contributed by atoms with van der Waals surface area (Å²) in [5, 5.41) is 1.83. The lowest BCUT2D eigenvalue weighted by Gasteiger charge is -2.17. The molecule has 0 nitrogen and oxygen atoms in total.